The average molecular weight is 223 g/mol. The van der Waals surface area contributed by atoms with Crippen LogP contribution in [0.5, 0.6) is 0 Å². The minimum Gasteiger partial charge on any atom is -0.481 e. The molecular weight excluding hydrogens is 212 g/mol. The van der Waals surface area contributed by atoms with E-state index in [4.69, 9.17) is 11.6 Å². The first-order valence-electron chi connectivity index (χ1n) is 4.80. The molecule has 0 unspecified atom stereocenters. The normalized spacial score (nSPS) is 17.9. The van der Waals surface area contributed by atoms with E-state index in [9.17, 15) is 9.90 Å². The molecular formula is C12H11ClO2. The first-order valence-corrected chi connectivity index (χ1v) is 5.17. The highest BCUT2D eigenvalue weighted by Crippen LogP contribution is 2.37. The van der Waals surface area contributed by atoms with Gasteiger partial charge in [0.1, 0.15) is 0 Å². The molecule has 0 aliphatic heterocycles. The third-order valence-corrected chi connectivity index (χ3v) is 3.16. The summed E-state index contributed by atoms with van der Waals surface area (Å²) in [5.41, 5.74) is 0.0503. The van der Waals surface area contributed by atoms with Gasteiger partial charge in [0.15, 0.2) is 0 Å². The lowest BCUT2D eigenvalue weighted by Gasteiger charge is -2.24. The molecule has 1 aliphatic rings. The molecule has 0 fully saturated rings. The maximum Gasteiger partial charge on any atom is 0.314 e. The molecule has 3 heteroatoms. The Balaban J connectivity index is 2.42. The molecule has 0 amide bonds. The molecule has 78 valence electrons. The summed E-state index contributed by atoms with van der Waals surface area (Å²) in [6.07, 6.45) is 4.96. The number of hydrogen-bond acceptors (Lipinski definition) is 1. The second-order valence-electron chi connectivity index (χ2n) is 3.77. The van der Waals surface area contributed by atoms with Crippen LogP contribution in [0, 0.1) is 0 Å². The van der Waals surface area contributed by atoms with Crippen molar-refractivity contribution < 1.29 is 9.90 Å². The number of hydrogen-bond donors (Lipinski definition) is 1. The van der Waals surface area contributed by atoms with Gasteiger partial charge in [-0.2, -0.15) is 0 Å². The van der Waals surface area contributed by atoms with E-state index in [-0.39, 0.29) is 0 Å². The molecule has 0 heterocycles. The smallest absolute Gasteiger partial charge is 0.314 e. The van der Waals surface area contributed by atoms with Crippen LogP contribution in [0.4, 0.5) is 0 Å². The van der Waals surface area contributed by atoms with E-state index < -0.39 is 11.4 Å². The lowest BCUT2D eigenvalue weighted by molar-refractivity contribution is -0.143. The summed E-state index contributed by atoms with van der Waals surface area (Å²) < 4.78 is 0. The molecule has 1 N–H and O–H groups in total. The van der Waals surface area contributed by atoms with Crippen LogP contribution in [0.25, 0.3) is 0 Å². The topological polar surface area (TPSA) is 37.3 Å². The third kappa shape index (κ3) is 1.65. The zero-order chi connectivity index (χ0) is 10.9. The fraction of sp³-hybridized carbons (Fsp3) is 0.250. The molecule has 0 saturated carbocycles. The molecule has 0 bridgehead atoms. The van der Waals surface area contributed by atoms with Gasteiger partial charge in [-0.25, -0.2) is 0 Å². The van der Waals surface area contributed by atoms with E-state index in [0.29, 0.717) is 17.9 Å². The Kier molecular flexibility index (Phi) is 2.53. The molecule has 0 saturated heterocycles. The highest BCUT2D eigenvalue weighted by atomic mass is 35.5. The summed E-state index contributed by atoms with van der Waals surface area (Å²) >= 11 is 5.78. The van der Waals surface area contributed by atoms with Crippen molar-refractivity contribution >= 4 is 17.6 Å². The predicted octanol–water partition coefficient (Wildman–Crippen LogP) is 3.01. The van der Waals surface area contributed by atoms with Crippen LogP contribution in [0.15, 0.2) is 36.4 Å². The number of benzene rings is 1. The van der Waals surface area contributed by atoms with Crippen molar-refractivity contribution in [1.82, 2.24) is 0 Å². The molecule has 2 nitrogen and oxygen atoms in total. The molecule has 0 aromatic heterocycles. The second-order valence-corrected chi connectivity index (χ2v) is 4.21. The van der Waals surface area contributed by atoms with Gasteiger partial charge in [-0.15, -0.1) is 0 Å². The molecule has 15 heavy (non-hydrogen) atoms. The SMILES string of the molecule is O=C(O)C1(c2ccc(Cl)cc2)CC=CC1. The highest BCUT2D eigenvalue weighted by Gasteiger charge is 2.40. The van der Waals surface area contributed by atoms with Gasteiger partial charge < -0.3 is 5.11 Å². The van der Waals surface area contributed by atoms with Crippen LogP contribution < -0.4 is 0 Å². The fourth-order valence-electron chi connectivity index (χ4n) is 1.96. The van der Waals surface area contributed by atoms with E-state index in [1.165, 1.54) is 0 Å². The predicted molar refractivity (Wildman–Crippen MR) is 59.1 cm³/mol. The minimum absolute atomic E-state index is 0.559. The Morgan fingerprint density at radius 3 is 2.20 bits per heavy atom. The van der Waals surface area contributed by atoms with Gasteiger partial charge in [0.05, 0.1) is 5.41 Å². The van der Waals surface area contributed by atoms with Crippen molar-refractivity contribution in [1.29, 1.82) is 0 Å². The van der Waals surface area contributed by atoms with Crippen LogP contribution >= 0.6 is 11.6 Å². The number of allylic oxidation sites excluding steroid dienone is 2. The minimum atomic E-state index is -0.773. The van der Waals surface area contributed by atoms with Gasteiger partial charge in [0, 0.05) is 5.02 Å². The van der Waals surface area contributed by atoms with Crippen molar-refractivity contribution in [3.63, 3.8) is 0 Å². The number of carboxylic acids is 1. The van der Waals surface area contributed by atoms with Gasteiger partial charge in [-0.3, -0.25) is 4.79 Å². The molecule has 1 aliphatic carbocycles. The Hall–Kier alpha value is -1.28. The van der Waals surface area contributed by atoms with E-state index in [2.05, 4.69) is 0 Å². The summed E-state index contributed by atoms with van der Waals surface area (Å²) in [5, 5.41) is 9.94. The zero-order valence-corrected chi connectivity index (χ0v) is 8.87. The van der Waals surface area contributed by atoms with Crippen LogP contribution in [-0.2, 0) is 10.2 Å². The molecule has 1 aromatic carbocycles. The van der Waals surface area contributed by atoms with Crippen molar-refractivity contribution in [2.45, 2.75) is 18.3 Å². The molecule has 0 radical (unpaired) electrons. The summed E-state index contributed by atoms with van der Waals surface area (Å²) in [4.78, 5) is 11.3. The molecule has 0 spiro atoms. The highest BCUT2D eigenvalue weighted by molar-refractivity contribution is 6.30. The van der Waals surface area contributed by atoms with Crippen molar-refractivity contribution in [2.24, 2.45) is 0 Å². The van der Waals surface area contributed by atoms with Crippen molar-refractivity contribution in [3.8, 4) is 0 Å². The summed E-state index contributed by atoms with van der Waals surface area (Å²) in [6, 6.07) is 7.06. The Labute approximate surface area is 93.2 Å². The standard InChI is InChI=1S/C12H11ClO2/c13-10-5-3-9(4-6-10)12(11(14)15)7-1-2-8-12/h1-6H,7-8H2,(H,14,15). The summed E-state index contributed by atoms with van der Waals surface area (Å²) in [5.74, 6) is -0.769. The van der Waals surface area contributed by atoms with Crippen molar-refractivity contribution in [3.05, 3.63) is 47.0 Å². The van der Waals surface area contributed by atoms with Gasteiger partial charge in [-0.05, 0) is 30.5 Å². The Morgan fingerprint density at radius 2 is 1.73 bits per heavy atom. The number of carbonyl (C=O) groups is 1. The zero-order valence-electron chi connectivity index (χ0n) is 8.11. The first-order chi connectivity index (χ1) is 7.15. The van der Waals surface area contributed by atoms with Crippen LogP contribution in [0.1, 0.15) is 18.4 Å². The van der Waals surface area contributed by atoms with E-state index >= 15 is 0 Å². The molecule has 0 atom stereocenters. The number of carboxylic acid groups (broad SMARTS) is 1. The maximum absolute atomic E-state index is 11.3. The Bertz CT molecular complexity index is 398. The fourth-order valence-corrected chi connectivity index (χ4v) is 2.08. The number of rotatable bonds is 2. The maximum atomic E-state index is 11.3. The summed E-state index contributed by atoms with van der Waals surface area (Å²) in [7, 11) is 0. The quantitative estimate of drug-likeness (QED) is 0.781. The van der Waals surface area contributed by atoms with Gasteiger partial charge >= 0.3 is 5.97 Å². The molecule has 2 rings (SSSR count). The van der Waals surface area contributed by atoms with E-state index in [1.54, 1.807) is 24.3 Å². The number of aliphatic carboxylic acids is 1. The van der Waals surface area contributed by atoms with Gasteiger partial charge in [0.25, 0.3) is 0 Å². The third-order valence-electron chi connectivity index (χ3n) is 2.91. The van der Waals surface area contributed by atoms with Crippen LogP contribution in [0.2, 0.25) is 5.02 Å². The lowest BCUT2D eigenvalue weighted by atomic mass is 9.78. The Morgan fingerprint density at radius 1 is 1.20 bits per heavy atom. The molecule has 1 aromatic rings. The average Bonchev–Trinajstić information content (AvgIpc) is 2.69. The summed E-state index contributed by atoms with van der Waals surface area (Å²) in [6.45, 7) is 0. The van der Waals surface area contributed by atoms with Crippen molar-refractivity contribution in [2.75, 3.05) is 0 Å². The van der Waals surface area contributed by atoms with Gasteiger partial charge in [-0.1, -0.05) is 35.9 Å². The van der Waals surface area contributed by atoms with E-state index in [0.717, 1.165) is 5.56 Å². The monoisotopic (exact) mass is 222 g/mol. The first kappa shape index (κ1) is 10.2. The van der Waals surface area contributed by atoms with Crippen LogP contribution in [-0.4, -0.2) is 11.1 Å². The number of halogens is 1. The van der Waals surface area contributed by atoms with Crippen LogP contribution in [0.3, 0.4) is 0 Å². The second kappa shape index (κ2) is 3.70. The van der Waals surface area contributed by atoms with Gasteiger partial charge in [0.2, 0.25) is 0 Å². The lowest BCUT2D eigenvalue weighted by Crippen LogP contribution is -2.32. The largest absolute Gasteiger partial charge is 0.481 e. The van der Waals surface area contributed by atoms with E-state index in [1.807, 2.05) is 12.2 Å².